The number of aromatic nitrogens is 2. The van der Waals surface area contributed by atoms with Crippen molar-refractivity contribution in [3.63, 3.8) is 0 Å². The Balaban J connectivity index is 1.62. The molecule has 1 aliphatic rings. The molecular formula is C18H19N3O3S. The molecule has 0 unspecified atom stereocenters. The van der Waals surface area contributed by atoms with E-state index < -0.39 is 0 Å². The molecule has 0 saturated heterocycles. The number of benzene rings is 1. The standard InChI is InChI=1S/C18H19N3O3S/c1-23-15-6-3-11(7-16(15)24-2)14-9-21-13(10-25-18(21)20-14)8-17(22)19-12-4-5-12/h3,6-7,9-10,12H,4-5,8H2,1-2H3,(H,19,22). The molecule has 1 saturated carbocycles. The number of methoxy groups -OCH3 is 2. The molecule has 1 amide bonds. The van der Waals surface area contributed by atoms with Crippen molar-refractivity contribution in [2.24, 2.45) is 0 Å². The molecule has 4 rings (SSSR count). The van der Waals surface area contributed by atoms with Gasteiger partial charge >= 0.3 is 0 Å². The Morgan fingerprint density at radius 2 is 2.12 bits per heavy atom. The maximum absolute atomic E-state index is 12.1. The summed E-state index contributed by atoms with van der Waals surface area (Å²) in [4.78, 5) is 17.6. The van der Waals surface area contributed by atoms with Crippen LogP contribution in [0.5, 0.6) is 11.5 Å². The second-order valence-electron chi connectivity index (χ2n) is 6.09. The van der Waals surface area contributed by atoms with Crippen molar-refractivity contribution in [2.75, 3.05) is 14.2 Å². The van der Waals surface area contributed by atoms with Crippen molar-refractivity contribution in [3.05, 3.63) is 35.5 Å². The lowest BCUT2D eigenvalue weighted by atomic mass is 10.1. The van der Waals surface area contributed by atoms with Crippen molar-refractivity contribution < 1.29 is 14.3 Å². The smallest absolute Gasteiger partial charge is 0.226 e. The highest BCUT2D eigenvalue weighted by Gasteiger charge is 2.23. The molecule has 1 aromatic carbocycles. The topological polar surface area (TPSA) is 64.9 Å². The second-order valence-corrected chi connectivity index (χ2v) is 6.93. The van der Waals surface area contributed by atoms with E-state index in [0.717, 1.165) is 34.8 Å². The van der Waals surface area contributed by atoms with Crippen LogP contribution in [-0.2, 0) is 11.2 Å². The van der Waals surface area contributed by atoms with Gasteiger partial charge in [0.1, 0.15) is 0 Å². The molecule has 7 heteroatoms. The third kappa shape index (κ3) is 3.19. The number of nitrogens with one attached hydrogen (secondary N) is 1. The fourth-order valence-corrected chi connectivity index (χ4v) is 3.63. The van der Waals surface area contributed by atoms with Gasteiger partial charge < -0.3 is 14.8 Å². The molecule has 1 fully saturated rings. The SMILES string of the molecule is COc1ccc(-c2cn3c(CC(=O)NC4CC4)csc3n2)cc1OC. The van der Waals surface area contributed by atoms with Crippen molar-refractivity contribution in [1.29, 1.82) is 0 Å². The lowest BCUT2D eigenvalue weighted by Gasteiger charge is -2.08. The van der Waals surface area contributed by atoms with E-state index in [1.54, 1.807) is 14.2 Å². The summed E-state index contributed by atoms with van der Waals surface area (Å²) in [6, 6.07) is 6.11. The second kappa shape index (κ2) is 6.40. The molecule has 1 N–H and O–H groups in total. The van der Waals surface area contributed by atoms with Gasteiger partial charge in [-0.2, -0.15) is 0 Å². The largest absolute Gasteiger partial charge is 0.493 e. The fourth-order valence-electron chi connectivity index (χ4n) is 2.76. The van der Waals surface area contributed by atoms with Gasteiger partial charge in [0.15, 0.2) is 16.5 Å². The van der Waals surface area contributed by atoms with Gasteiger partial charge in [-0.25, -0.2) is 4.98 Å². The third-order valence-corrected chi connectivity index (χ3v) is 5.14. The third-order valence-electron chi connectivity index (χ3n) is 4.25. The molecule has 25 heavy (non-hydrogen) atoms. The van der Waals surface area contributed by atoms with Crippen molar-refractivity contribution in [2.45, 2.75) is 25.3 Å². The molecule has 0 aliphatic heterocycles. The highest BCUT2D eigenvalue weighted by molar-refractivity contribution is 7.15. The Morgan fingerprint density at radius 1 is 1.32 bits per heavy atom. The molecule has 0 spiro atoms. The molecule has 3 aromatic rings. The zero-order valence-corrected chi connectivity index (χ0v) is 14.9. The number of nitrogens with zero attached hydrogens (tertiary/aromatic N) is 2. The number of rotatable bonds is 6. The molecule has 0 radical (unpaired) electrons. The summed E-state index contributed by atoms with van der Waals surface area (Å²) in [6.45, 7) is 0. The molecule has 6 nitrogen and oxygen atoms in total. The van der Waals surface area contributed by atoms with Crippen molar-refractivity contribution in [1.82, 2.24) is 14.7 Å². The van der Waals surface area contributed by atoms with E-state index in [4.69, 9.17) is 9.47 Å². The summed E-state index contributed by atoms with van der Waals surface area (Å²) in [7, 11) is 3.23. The van der Waals surface area contributed by atoms with Crippen LogP contribution in [0.4, 0.5) is 0 Å². The monoisotopic (exact) mass is 357 g/mol. The zero-order chi connectivity index (χ0) is 17.4. The Morgan fingerprint density at radius 3 is 2.84 bits per heavy atom. The van der Waals surface area contributed by atoms with Crippen LogP contribution >= 0.6 is 11.3 Å². The minimum absolute atomic E-state index is 0.0727. The van der Waals surface area contributed by atoms with E-state index >= 15 is 0 Å². The molecule has 130 valence electrons. The van der Waals surface area contributed by atoms with Crippen LogP contribution in [0.1, 0.15) is 18.5 Å². The normalized spacial score (nSPS) is 13.8. The fraction of sp³-hybridized carbons (Fsp3) is 0.333. The summed E-state index contributed by atoms with van der Waals surface area (Å²) in [5.74, 6) is 1.42. The first-order chi connectivity index (χ1) is 12.2. The Bertz CT molecular complexity index is 927. The predicted molar refractivity (Wildman–Crippen MR) is 96.5 cm³/mol. The van der Waals surface area contributed by atoms with Crippen molar-refractivity contribution in [3.8, 4) is 22.8 Å². The quantitative estimate of drug-likeness (QED) is 0.737. The van der Waals surface area contributed by atoms with Gasteiger partial charge in [0.2, 0.25) is 5.91 Å². The van der Waals surface area contributed by atoms with Crippen LogP contribution in [-0.4, -0.2) is 35.6 Å². The molecule has 2 heterocycles. The van der Waals surface area contributed by atoms with Crippen LogP contribution < -0.4 is 14.8 Å². The average Bonchev–Trinajstić information content (AvgIpc) is 3.20. The summed E-state index contributed by atoms with van der Waals surface area (Å²) >= 11 is 1.54. The number of thiazole rings is 1. The first kappa shape index (κ1) is 16.0. The lowest BCUT2D eigenvalue weighted by Crippen LogP contribution is -2.27. The predicted octanol–water partition coefficient (Wildman–Crippen LogP) is 2.90. The average molecular weight is 357 g/mol. The van der Waals surface area contributed by atoms with Gasteiger partial charge in [-0.05, 0) is 31.0 Å². The van der Waals surface area contributed by atoms with Crippen LogP contribution in [0.15, 0.2) is 29.8 Å². The van der Waals surface area contributed by atoms with Crippen LogP contribution in [0.25, 0.3) is 16.2 Å². The lowest BCUT2D eigenvalue weighted by molar-refractivity contribution is -0.120. The van der Waals surface area contributed by atoms with Gasteiger partial charge in [0, 0.05) is 28.9 Å². The molecule has 0 bridgehead atoms. The van der Waals surface area contributed by atoms with E-state index in [1.807, 2.05) is 34.2 Å². The summed E-state index contributed by atoms with van der Waals surface area (Å²) in [5.41, 5.74) is 2.75. The highest BCUT2D eigenvalue weighted by atomic mass is 32.1. The maximum Gasteiger partial charge on any atom is 0.226 e. The van der Waals surface area contributed by atoms with Gasteiger partial charge in [-0.1, -0.05) is 0 Å². The number of carbonyl (C=O) groups is 1. The maximum atomic E-state index is 12.1. The van der Waals surface area contributed by atoms with E-state index in [0.29, 0.717) is 24.0 Å². The molecule has 2 aromatic heterocycles. The Hall–Kier alpha value is -2.54. The van der Waals surface area contributed by atoms with Crippen LogP contribution in [0.3, 0.4) is 0 Å². The first-order valence-corrected chi connectivity index (χ1v) is 9.03. The zero-order valence-electron chi connectivity index (χ0n) is 14.1. The van der Waals surface area contributed by atoms with Gasteiger partial charge in [0.25, 0.3) is 0 Å². The number of carbonyl (C=O) groups excluding carboxylic acids is 1. The van der Waals surface area contributed by atoms with Gasteiger partial charge in [-0.3, -0.25) is 9.20 Å². The first-order valence-electron chi connectivity index (χ1n) is 8.15. The van der Waals surface area contributed by atoms with Gasteiger partial charge in [0.05, 0.1) is 26.3 Å². The number of ether oxygens (including phenoxy) is 2. The van der Waals surface area contributed by atoms with E-state index in [-0.39, 0.29) is 5.91 Å². The number of amides is 1. The minimum atomic E-state index is 0.0727. The van der Waals surface area contributed by atoms with Crippen molar-refractivity contribution >= 4 is 22.2 Å². The van der Waals surface area contributed by atoms with E-state index in [2.05, 4.69) is 10.3 Å². The number of fused-ring (bicyclic) bond motifs is 1. The van der Waals surface area contributed by atoms with E-state index in [1.165, 1.54) is 11.3 Å². The minimum Gasteiger partial charge on any atom is -0.493 e. The summed E-state index contributed by atoms with van der Waals surface area (Å²) < 4.78 is 12.6. The molecule has 0 atom stereocenters. The summed E-state index contributed by atoms with van der Waals surface area (Å²) in [6.07, 6.45) is 4.53. The van der Waals surface area contributed by atoms with Crippen LogP contribution in [0, 0.1) is 0 Å². The Labute approximate surface area is 149 Å². The van der Waals surface area contributed by atoms with Gasteiger partial charge in [-0.15, -0.1) is 11.3 Å². The highest BCUT2D eigenvalue weighted by Crippen LogP contribution is 2.32. The number of hydrogen-bond donors (Lipinski definition) is 1. The summed E-state index contributed by atoms with van der Waals surface area (Å²) in [5, 5.41) is 5.02. The molecule has 1 aliphatic carbocycles. The number of hydrogen-bond acceptors (Lipinski definition) is 5. The van der Waals surface area contributed by atoms with Crippen LogP contribution in [0.2, 0.25) is 0 Å². The van der Waals surface area contributed by atoms with E-state index in [9.17, 15) is 4.79 Å². The molecular weight excluding hydrogens is 338 g/mol. The number of imidazole rings is 1. The Kier molecular flexibility index (Phi) is 4.09.